The van der Waals surface area contributed by atoms with Crippen LogP contribution in [-0.2, 0) is 9.53 Å². The van der Waals surface area contributed by atoms with Gasteiger partial charge in [0, 0.05) is 26.1 Å². The second-order valence-electron chi connectivity index (χ2n) is 5.14. The number of hydrogen-bond acceptors (Lipinski definition) is 5. The van der Waals surface area contributed by atoms with Crippen LogP contribution in [0.3, 0.4) is 0 Å². The summed E-state index contributed by atoms with van der Waals surface area (Å²) in [5, 5.41) is 9.18. The quantitative estimate of drug-likeness (QED) is 0.730. The Balaban J connectivity index is 1.73. The molecular formula is C13H18N4O2. The van der Waals surface area contributed by atoms with Gasteiger partial charge in [0.05, 0.1) is 30.5 Å². The fourth-order valence-corrected chi connectivity index (χ4v) is 2.78. The van der Waals surface area contributed by atoms with Crippen molar-refractivity contribution in [3.8, 4) is 0 Å². The number of anilines is 2. The third-order valence-electron chi connectivity index (χ3n) is 4.02. The first-order valence-electron chi connectivity index (χ1n) is 6.48. The van der Waals surface area contributed by atoms with E-state index < -0.39 is 5.41 Å². The molecule has 1 aromatic rings. The third-order valence-corrected chi connectivity index (χ3v) is 4.02. The Hall–Kier alpha value is -1.66. The lowest BCUT2D eigenvalue weighted by Gasteiger charge is -2.24. The first kappa shape index (κ1) is 12.4. The Morgan fingerprint density at radius 3 is 3.21 bits per heavy atom. The summed E-state index contributed by atoms with van der Waals surface area (Å²) in [7, 11) is 1.81. The lowest BCUT2D eigenvalue weighted by molar-refractivity contribution is -0.125. The van der Waals surface area contributed by atoms with E-state index >= 15 is 0 Å². The molecule has 3 rings (SSSR count). The normalized spacial score (nSPS) is 29.0. The number of ether oxygens (including phenoxy) is 1. The smallest absolute Gasteiger partial charge is 0.234 e. The minimum Gasteiger partial charge on any atom is -0.380 e. The Morgan fingerprint density at radius 2 is 2.47 bits per heavy atom. The van der Waals surface area contributed by atoms with Gasteiger partial charge in [0.2, 0.25) is 5.91 Å². The summed E-state index contributed by atoms with van der Waals surface area (Å²) in [5.41, 5.74) is 0.303. The molecule has 0 aromatic carbocycles. The first-order chi connectivity index (χ1) is 9.24. The molecular weight excluding hydrogens is 244 g/mol. The highest BCUT2D eigenvalue weighted by molar-refractivity contribution is 5.96. The van der Waals surface area contributed by atoms with Crippen molar-refractivity contribution < 1.29 is 9.53 Å². The number of aromatic nitrogens is 1. The van der Waals surface area contributed by atoms with Crippen LogP contribution in [0, 0.1) is 11.3 Å². The van der Waals surface area contributed by atoms with Crippen LogP contribution in [0.2, 0.25) is 0 Å². The number of pyridine rings is 1. The summed E-state index contributed by atoms with van der Waals surface area (Å²) in [6.45, 7) is 2.70. The van der Waals surface area contributed by atoms with E-state index in [1.165, 1.54) is 0 Å². The second kappa shape index (κ2) is 4.79. The molecule has 102 valence electrons. The van der Waals surface area contributed by atoms with Crippen LogP contribution in [0.25, 0.3) is 0 Å². The molecule has 0 bridgehead atoms. The van der Waals surface area contributed by atoms with Crippen LogP contribution >= 0.6 is 0 Å². The Bertz CT molecular complexity index is 464. The predicted octanol–water partition coefficient (Wildman–Crippen LogP) is 0.298. The zero-order valence-corrected chi connectivity index (χ0v) is 10.9. The first-order valence-corrected chi connectivity index (χ1v) is 6.48. The summed E-state index contributed by atoms with van der Waals surface area (Å²) in [6.07, 6.45) is 1.66. The van der Waals surface area contributed by atoms with Gasteiger partial charge in [-0.1, -0.05) is 0 Å². The van der Waals surface area contributed by atoms with Crippen LogP contribution in [0.15, 0.2) is 18.3 Å². The van der Waals surface area contributed by atoms with Gasteiger partial charge >= 0.3 is 0 Å². The molecule has 0 saturated carbocycles. The average Bonchev–Trinajstić information content (AvgIpc) is 2.99. The molecule has 3 N–H and O–H groups in total. The highest BCUT2D eigenvalue weighted by Gasteiger charge is 2.53. The lowest BCUT2D eigenvalue weighted by atomic mass is 9.80. The Kier molecular flexibility index (Phi) is 3.12. The average molecular weight is 262 g/mol. The number of carbonyl (C=O) groups excluding carboxylic acids is 1. The monoisotopic (exact) mass is 262 g/mol. The van der Waals surface area contributed by atoms with Crippen LogP contribution < -0.4 is 16.0 Å². The predicted molar refractivity (Wildman–Crippen MR) is 72.0 cm³/mol. The molecule has 0 radical (unpaired) electrons. The molecule has 2 saturated heterocycles. The van der Waals surface area contributed by atoms with E-state index in [1.54, 1.807) is 6.20 Å². The van der Waals surface area contributed by atoms with E-state index in [2.05, 4.69) is 20.9 Å². The summed E-state index contributed by atoms with van der Waals surface area (Å²) in [5.74, 6) is 1.08. The van der Waals surface area contributed by atoms with Crippen molar-refractivity contribution >= 4 is 17.4 Å². The van der Waals surface area contributed by atoms with Crippen molar-refractivity contribution in [3.05, 3.63) is 18.3 Å². The minimum atomic E-state index is -0.415. The van der Waals surface area contributed by atoms with E-state index in [9.17, 15) is 4.79 Å². The van der Waals surface area contributed by atoms with Gasteiger partial charge in [0.15, 0.2) is 0 Å². The van der Waals surface area contributed by atoms with Gasteiger partial charge < -0.3 is 20.7 Å². The second-order valence-corrected chi connectivity index (χ2v) is 5.14. The molecule has 6 nitrogen and oxygen atoms in total. The molecule has 2 aliphatic rings. The zero-order chi connectivity index (χ0) is 13.3. The van der Waals surface area contributed by atoms with Gasteiger partial charge in [0.1, 0.15) is 5.82 Å². The van der Waals surface area contributed by atoms with E-state index in [0.29, 0.717) is 19.8 Å². The molecule has 6 heteroatoms. The van der Waals surface area contributed by atoms with Crippen molar-refractivity contribution in [2.24, 2.45) is 11.3 Å². The number of rotatable bonds is 3. The van der Waals surface area contributed by atoms with Crippen LogP contribution in [0.4, 0.5) is 11.5 Å². The van der Waals surface area contributed by atoms with E-state index in [4.69, 9.17) is 4.74 Å². The molecule has 1 aromatic heterocycles. The van der Waals surface area contributed by atoms with Crippen molar-refractivity contribution in [3.63, 3.8) is 0 Å². The van der Waals surface area contributed by atoms with Gasteiger partial charge in [-0.05, 0) is 12.1 Å². The van der Waals surface area contributed by atoms with Crippen LogP contribution in [0.5, 0.6) is 0 Å². The van der Waals surface area contributed by atoms with Crippen molar-refractivity contribution in [2.75, 3.05) is 44.0 Å². The molecule has 19 heavy (non-hydrogen) atoms. The van der Waals surface area contributed by atoms with Gasteiger partial charge in [-0.2, -0.15) is 0 Å². The standard InChI is InChI=1S/C13H18N4O2/c1-14-11-3-2-10(5-16-11)17-12(18)13-7-15-4-9(13)6-19-8-13/h2-3,5,9,15H,4,6-8H2,1H3,(H,14,16)(H,17,18)/t9-,13-/m0/s1. The maximum atomic E-state index is 12.5. The Morgan fingerprint density at radius 1 is 1.58 bits per heavy atom. The van der Waals surface area contributed by atoms with Gasteiger partial charge in [0.25, 0.3) is 0 Å². The van der Waals surface area contributed by atoms with Crippen molar-refractivity contribution in [2.45, 2.75) is 0 Å². The number of hydrogen-bond donors (Lipinski definition) is 3. The number of carbonyl (C=O) groups is 1. The van der Waals surface area contributed by atoms with Gasteiger partial charge in [-0.15, -0.1) is 0 Å². The SMILES string of the molecule is CNc1ccc(NC(=O)[C@]23CNC[C@H]2COC3)cn1. The molecule has 0 unspecified atom stereocenters. The maximum Gasteiger partial charge on any atom is 0.234 e. The Labute approximate surface area is 111 Å². The molecule has 2 fully saturated rings. The maximum absolute atomic E-state index is 12.5. The molecule has 2 atom stereocenters. The minimum absolute atomic E-state index is 0.0269. The molecule has 3 heterocycles. The highest BCUT2D eigenvalue weighted by Crippen LogP contribution is 2.38. The summed E-state index contributed by atoms with van der Waals surface area (Å²) >= 11 is 0. The molecule has 1 amide bonds. The number of amides is 1. The summed E-state index contributed by atoms with van der Waals surface area (Å²) in [4.78, 5) is 16.7. The molecule has 0 aliphatic carbocycles. The number of fused-ring (bicyclic) bond motifs is 1. The third kappa shape index (κ3) is 2.06. The lowest BCUT2D eigenvalue weighted by Crippen LogP contribution is -2.42. The topological polar surface area (TPSA) is 75.3 Å². The molecule has 0 spiro atoms. The van der Waals surface area contributed by atoms with Gasteiger partial charge in [-0.3, -0.25) is 4.79 Å². The van der Waals surface area contributed by atoms with Crippen LogP contribution in [-0.4, -0.2) is 44.2 Å². The van der Waals surface area contributed by atoms with E-state index in [-0.39, 0.29) is 11.8 Å². The highest BCUT2D eigenvalue weighted by atomic mass is 16.5. The summed E-state index contributed by atoms with van der Waals surface area (Å²) < 4.78 is 5.48. The fourth-order valence-electron chi connectivity index (χ4n) is 2.78. The van der Waals surface area contributed by atoms with Gasteiger partial charge in [-0.25, -0.2) is 4.98 Å². The number of nitrogens with one attached hydrogen (secondary N) is 3. The number of nitrogens with zero attached hydrogens (tertiary/aromatic N) is 1. The van der Waals surface area contributed by atoms with E-state index in [0.717, 1.165) is 18.1 Å². The zero-order valence-electron chi connectivity index (χ0n) is 10.9. The summed E-state index contributed by atoms with van der Waals surface area (Å²) in [6, 6.07) is 3.68. The van der Waals surface area contributed by atoms with E-state index in [1.807, 2.05) is 19.2 Å². The van der Waals surface area contributed by atoms with Crippen molar-refractivity contribution in [1.82, 2.24) is 10.3 Å². The fraction of sp³-hybridized carbons (Fsp3) is 0.538. The van der Waals surface area contributed by atoms with Crippen molar-refractivity contribution in [1.29, 1.82) is 0 Å². The largest absolute Gasteiger partial charge is 0.380 e. The molecule has 2 aliphatic heterocycles. The van der Waals surface area contributed by atoms with Crippen LogP contribution in [0.1, 0.15) is 0 Å².